The monoisotopic (exact) mass is 422 g/mol. The van der Waals surface area contributed by atoms with E-state index in [9.17, 15) is 9.59 Å². The Bertz CT molecular complexity index is 1070. The number of nitrogens with zero attached hydrogens (tertiary/aromatic N) is 3. The van der Waals surface area contributed by atoms with Crippen LogP contribution in [0.1, 0.15) is 54.0 Å². The molecule has 0 spiro atoms. The molecule has 164 valence electrons. The lowest BCUT2D eigenvalue weighted by Gasteiger charge is -2.21. The molecule has 3 rings (SSSR count). The smallest absolute Gasteiger partial charge is 0.255 e. The molecule has 0 unspecified atom stereocenters. The summed E-state index contributed by atoms with van der Waals surface area (Å²) in [4.78, 5) is 29.2. The number of amides is 2. The number of nitrogens with one attached hydrogen (secondary N) is 3. The van der Waals surface area contributed by atoms with Gasteiger partial charge in [-0.3, -0.25) is 9.59 Å². The van der Waals surface area contributed by atoms with E-state index in [1.807, 2.05) is 23.7 Å². The number of aromatic nitrogens is 3. The predicted octanol–water partition coefficient (Wildman–Crippen LogP) is 3.20. The van der Waals surface area contributed by atoms with Gasteiger partial charge < -0.3 is 16.0 Å². The average Bonchev–Trinajstić information content (AvgIpc) is 3.21. The molecule has 0 radical (unpaired) electrons. The van der Waals surface area contributed by atoms with Gasteiger partial charge in [0.05, 0.1) is 22.8 Å². The van der Waals surface area contributed by atoms with E-state index in [1.54, 1.807) is 31.6 Å². The first kappa shape index (κ1) is 22.3. The lowest BCUT2D eigenvalue weighted by atomic mass is 10.0. The Morgan fingerprint density at radius 1 is 1.06 bits per heavy atom. The Balaban J connectivity index is 1.84. The fourth-order valence-electron chi connectivity index (χ4n) is 3.18. The van der Waals surface area contributed by atoms with Gasteiger partial charge in [0, 0.05) is 37.9 Å². The van der Waals surface area contributed by atoms with E-state index < -0.39 is 0 Å². The molecule has 3 aromatic rings. The van der Waals surface area contributed by atoms with Crippen LogP contribution in [0.15, 0.2) is 36.7 Å². The number of anilines is 1. The molecule has 0 aliphatic rings. The van der Waals surface area contributed by atoms with Crippen molar-refractivity contribution in [3.05, 3.63) is 53.3 Å². The van der Waals surface area contributed by atoms with Crippen molar-refractivity contribution in [2.24, 2.45) is 5.92 Å². The topological polar surface area (TPSA) is 101 Å². The van der Waals surface area contributed by atoms with Crippen LogP contribution >= 0.6 is 0 Å². The van der Waals surface area contributed by atoms with Gasteiger partial charge in [0.15, 0.2) is 5.65 Å². The fraction of sp³-hybridized carbons (Fsp3) is 0.391. The van der Waals surface area contributed by atoms with Crippen LogP contribution in [0, 0.1) is 5.92 Å². The van der Waals surface area contributed by atoms with Crippen molar-refractivity contribution in [1.82, 2.24) is 25.4 Å². The molecule has 0 saturated carbocycles. The SMILES string of the molecule is CCn1ncc2c(N[C@@H](C)C(C)C)c(C(=O)NCc3ccc(C(=O)NC)cc3)cnc21. The second kappa shape index (κ2) is 9.59. The van der Waals surface area contributed by atoms with E-state index in [-0.39, 0.29) is 17.9 Å². The van der Waals surface area contributed by atoms with E-state index in [1.165, 1.54) is 0 Å². The van der Waals surface area contributed by atoms with Crippen LogP contribution in [0.2, 0.25) is 0 Å². The molecule has 2 aromatic heterocycles. The number of pyridine rings is 1. The lowest BCUT2D eigenvalue weighted by molar-refractivity contribution is 0.0946. The van der Waals surface area contributed by atoms with E-state index in [0.29, 0.717) is 30.1 Å². The van der Waals surface area contributed by atoms with Crippen LogP contribution in [-0.4, -0.2) is 39.7 Å². The molecule has 0 aliphatic carbocycles. The van der Waals surface area contributed by atoms with E-state index in [4.69, 9.17) is 0 Å². The quantitative estimate of drug-likeness (QED) is 0.518. The van der Waals surface area contributed by atoms with Gasteiger partial charge in [0.25, 0.3) is 11.8 Å². The van der Waals surface area contributed by atoms with E-state index >= 15 is 0 Å². The molecule has 0 saturated heterocycles. The van der Waals surface area contributed by atoms with Crippen molar-refractivity contribution in [1.29, 1.82) is 0 Å². The molecule has 8 nitrogen and oxygen atoms in total. The Morgan fingerprint density at radius 2 is 1.77 bits per heavy atom. The van der Waals surface area contributed by atoms with Gasteiger partial charge in [0.2, 0.25) is 0 Å². The Morgan fingerprint density at radius 3 is 2.39 bits per heavy atom. The van der Waals surface area contributed by atoms with Gasteiger partial charge in [-0.1, -0.05) is 26.0 Å². The van der Waals surface area contributed by atoms with Gasteiger partial charge in [-0.2, -0.15) is 5.10 Å². The van der Waals surface area contributed by atoms with Gasteiger partial charge >= 0.3 is 0 Å². The highest BCUT2D eigenvalue weighted by Gasteiger charge is 2.20. The van der Waals surface area contributed by atoms with Crippen molar-refractivity contribution in [3.8, 4) is 0 Å². The average molecular weight is 423 g/mol. The minimum absolute atomic E-state index is 0.141. The maximum absolute atomic E-state index is 13.0. The number of hydrogen-bond donors (Lipinski definition) is 3. The summed E-state index contributed by atoms with van der Waals surface area (Å²) in [6.07, 6.45) is 3.37. The lowest BCUT2D eigenvalue weighted by Crippen LogP contribution is -2.27. The van der Waals surface area contributed by atoms with Crippen molar-refractivity contribution in [2.75, 3.05) is 12.4 Å². The summed E-state index contributed by atoms with van der Waals surface area (Å²) in [7, 11) is 1.59. The number of rotatable bonds is 8. The highest BCUT2D eigenvalue weighted by Crippen LogP contribution is 2.27. The van der Waals surface area contributed by atoms with Crippen molar-refractivity contribution in [2.45, 2.75) is 46.8 Å². The Kier molecular flexibility index (Phi) is 6.89. The third-order valence-corrected chi connectivity index (χ3v) is 5.48. The second-order valence-electron chi connectivity index (χ2n) is 7.88. The van der Waals surface area contributed by atoms with Gasteiger partial charge in [-0.25, -0.2) is 9.67 Å². The number of aryl methyl sites for hydroxylation is 1. The van der Waals surface area contributed by atoms with Crippen LogP contribution in [0.3, 0.4) is 0 Å². The van der Waals surface area contributed by atoms with Gasteiger partial charge in [-0.05, 0) is 37.5 Å². The zero-order valence-electron chi connectivity index (χ0n) is 18.7. The highest BCUT2D eigenvalue weighted by molar-refractivity contribution is 6.06. The summed E-state index contributed by atoms with van der Waals surface area (Å²) in [6, 6.07) is 7.31. The molecular weight excluding hydrogens is 392 g/mol. The number of carbonyl (C=O) groups excluding carboxylic acids is 2. The first-order valence-corrected chi connectivity index (χ1v) is 10.6. The van der Waals surface area contributed by atoms with Gasteiger partial charge in [-0.15, -0.1) is 0 Å². The summed E-state index contributed by atoms with van der Waals surface area (Å²) in [5.74, 6) is 0.0317. The number of benzene rings is 1. The fourth-order valence-corrected chi connectivity index (χ4v) is 3.18. The number of hydrogen-bond acceptors (Lipinski definition) is 5. The number of fused-ring (bicyclic) bond motifs is 1. The molecule has 0 aliphatic heterocycles. The molecule has 31 heavy (non-hydrogen) atoms. The second-order valence-corrected chi connectivity index (χ2v) is 7.88. The summed E-state index contributed by atoms with van der Waals surface area (Å²) in [5, 5.41) is 14.3. The van der Waals surface area contributed by atoms with Crippen molar-refractivity contribution in [3.63, 3.8) is 0 Å². The molecule has 8 heteroatoms. The van der Waals surface area contributed by atoms with Crippen molar-refractivity contribution < 1.29 is 9.59 Å². The maximum atomic E-state index is 13.0. The van der Waals surface area contributed by atoms with E-state index in [0.717, 1.165) is 22.3 Å². The third-order valence-electron chi connectivity index (χ3n) is 5.48. The molecular formula is C23H30N6O2. The minimum atomic E-state index is -0.215. The molecule has 1 atom stereocenters. The Hall–Kier alpha value is -3.42. The largest absolute Gasteiger partial charge is 0.381 e. The number of carbonyl (C=O) groups is 2. The minimum Gasteiger partial charge on any atom is -0.381 e. The normalized spacial score (nSPS) is 12.1. The van der Waals surface area contributed by atoms with Crippen LogP contribution in [0.5, 0.6) is 0 Å². The first-order chi connectivity index (χ1) is 14.8. The predicted molar refractivity (Wildman–Crippen MR) is 122 cm³/mol. The highest BCUT2D eigenvalue weighted by atomic mass is 16.2. The van der Waals surface area contributed by atoms with Gasteiger partial charge in [0.1, 0.15) is 0 Å². The summed E-state index contributed by atoms with van der Waals surface area (Å²) in [6.45, 7) is 9.41. The summed E-state index contributed by atoms with van der Waals surface area (Å²) in [5.41, 5.74) is 3.46. The van der Waals surface area contributed by atoms with Crippen LogP contribution < -0.4 is 16.0 Å². The molecule has 2 amide bonds. The zero-order valence-corrected chi connectivity index (χ0v) is 18.7. The maximum Gasteiger partial charge on any atom is 0.255 e. The molecule has 1 aromatic carbocycles. The zero-order chi connectivity index (χ0) is 22.5. The summed E-state index contributed by atoms with van der Waals surface area (Å²) >= 11 is 0. The molecule has 0 fully saturated rings. The molecule has 3 N–H and O–H groups in total. The standard InChI is InChI=1S/C23H30N6O2/c1-6-29-21-18(13-27-29)20(28-15(4)14(2)3)19(12-25-21)23(31)26-11-16-7-9-17(10-8-16)22(30)24-5/h7-10,12-15H,6,11H2,1-5H3,(H,24,30)(H,25,28)(H,26,31)/t15-/m0/s1. The van der Waals surface area contributed by atoms with Crippen molar-refractivity contribution >= 4 is 28.5 Å². The van der Waals surface area contributed by atoms with Crippen LogP contribution in [-0.2, 0) is 13.1 Å². The Labute approximate surface area is 182 Å². The first-order valence-electron chi connectivity index (χ1n) is 10.6. The molecule has 2 heterocycles. The van der Waals surface area contributed by atoms with E-state index in [2.05, 4.69) is 46.8 Å². The van der Waals surface area contributed by atoms with Crippen LogP contribution in [0.25, 0.3) is 11.0 Å². The summed E-state index contributed by atoms with van der Waals surface area (Å²) < 4.78 is 1.82. The molecule has 0 bridgehead atoms. The van der Waals surface area contributed by atoms with Crippen LogP contribution in [0.4, 0.5) is 5.69 Å². The third kappa shape index (κ3) is 4.84.